The molecule has 0 radical (unpaired) electrons. The lowest BCUT2D eigenvalue weighted by Gasteiger charge is -2.25. The summed E-state index contributed by atoms with van der Waals surface area (Å²) in [5, 5.41) is 11.3. The Kier molecular flexibility index (Phi) is 7.90. The number of ketones is 1. The lowest BCUT2D eigenvalue weighted by molar-refractivity contribution is -0.146. The van der Waals surface area contributed by atoms with Crippen LogP contribution in [0.5, 0.6) is 5.75 Å². The molecule has 1 aromatic heterocycles. The van der Waals surface area contributed by atoms with Crippen molar-refractivity contribution in [2.45, 2.75) is 52.4 Å². The number of Topliss-reactive ketones (excluding diaryl/α,β-unsaturated/α-hetero) is 1. The fourth-order valence-corrected chi connectivity index (χ4v) is 4.34. The molecule has 0 aliphatic carbocycles. The molecule has 38 heavy (non-hydrogen) atoms. The number of benzene rings is 2. The van der Waals surface area contributed by atoms with Crippen molar-refractivity contribution >= 4 is 29.1 Å². The summed E-state index contributed by atoms with van der Waals surface area (Å²) >= 11 is 0. The second kappa shape index (κ2) is 11.3. The minimum absolute atomic E-state index is 0.0470. The van der Waals surface area contributed by atoms with E-state index in [1.807, 2.05) is 13.8 Å². The normalized spacial score (nSPS) is 16.8. The van der Waals surface area contributed by atoms with Gasteiger partial charge in [-0.25, -0.2) is 0 Å². The van der Waals surface area contributed by atoms with E-state index in [2.05, 4.69) is 4.98 Å². The largest absolute Gasteiger partial charge is 0.507 e. The molecule has 3 aromatic rings. The van der Waals surface area contributed by atoms with Crippen molar-refractivity contribution in [3.8, 4) is 5.75 Å². The Morgan fingerprint density at radius 3 is 2.37 bits per heavy atom. The number of aliphatic hydroxyl groups is 1. The summed E-state index contributed by atoms with van der Waals surface area (Å²) < 4.78 is 10.9. The smallest absolute Gasteiger partial charge is 0.310 e. The van der Waals surface area contributed by atoms with Gasteiger partial charge in [-0.2, -0.15) is 0 Å². The van der Waals surface area contributed by atoms with Crippen LogP contribution in [0.1, 0.15) is 50.4 Å². The lowest BCUT2D eigenvalue weighted by Crippen LogP contribution is -2.29. The van der Waals surface area contributed by atoms with E-state index in [4.69, 9.17) is 9.47 Å². The van der Waals surface area contributed by atoms with Crippen LogP contribution < -0.4 is 9.64 Å². The van der Waals surface area contributed by atoms with Crippen molar-refractivity contribution in [3.05, 3.63) is 95.3 Å². The molecule has 1 N–H and O–H groups in total. The molecule has 1 saturated heterocycles. The third kappa shape index (κ3) is 5.75. The summed E-state index contributed by atoms with van der Waals surface area (Å²) in [5.74, 6) is -1.71. The van der Waals surface area contributed by atoms with Crippen molar-refractivity contribution in [3.63, 3.8) is 0 Å². The van der Waals surface area contributed by atoms with Crippen molar-refractivity contribution in [2.24, 2.45) is 0 Å². The SMILES string of the molecule is CC(C)OC(=O)Cc1ccc(N2C(=O)C(=O)/C(=C(\O)c3cccc(OC(C)C)c3)C2c2cccnc2)cc1. The van der Waals surface area contributed by atoms with E-state index in [0.717, 1.165) is 0 Å². The third-order valence-electron chi connectivity index (χ3n) is 5.85. The maximum absolute atomic E-state index is 13.3. The predicted molar refractivity (Wildman–Crippen MR) is 143 cm³/mol. The first-order valence-electron chi connectivity index (χ1n) is 12.4. The van der Waals surface area contributed by atoms with E-state index < -0.39 is 17.7 Å². The van der Waals surface area contributed by atoms with E-state index in [-0.39, 0.29) is 35.9 Å². The number of carbonyl (C=O) groups excluding carboxylic acids is 3. The number of esters is 1. The fourth-order valence-electron chi connectivity index (χ4n) is 4.34. The molecule has 1 atom stereocenters. The number of carbonyl (C=O) groups is 3. The van der Waals surface area contributed by atoms with Gasteiger partial charge < -0.3 is 14.6 Å². The Morgan fingerprint density at radius 1 is 1.00 bits per heavy atom. The van der Waals surface area contributed by atoms with Crippen LogP contribution >= 0.6 is 0 Å². The zero-order valence-corrected chi connectivity index (χ0v) is 21.8. The quantitative estimate of drug-likeness (QED) is 0.195. The summed E-state index contributed by atoms with van der Waals surface area (Å²) in [6.07, 6.45) is 2.94. The first kappa shape index (κ1) is 26.6. The average molecular weight is 515 g/mol. The summed E-state index contributed by atoms with van der Waals surface area (Å²) in [5.41, 5.74) is 2.02. The number of pyridine rings is 1. The van der Waals surface area contributed by atoms with Gasteiger partial charge in [0.05, 0.1) is 30.2 Å². The summed E-state index contributed by atoms with van der Waals surface area (Å²) in [6, 6.07) is 16.1. The fraction of sp³-hybridized carbons (Fsp3) is 0.267. The minimum atomic E-state index is -0.907. The Hall–Kier alpha value is -4.46. The van der Waals surface area contributed by atoms with E-state index in [9.17, 15) is 19.5 Å². The zero-order chi connectivity index (χ0) is 27.4. The van der Waals surface area contributed by atoms with Crippen molar-refractivity contribution < 1.29 is 29.0 Å². The van der Waals surface area contributed by atoms with Gasteiger partial charge in [-0.1, -0.05) is 30.3 Å². The molecule has 2 heterocycles. The minimum Gasteiger partial charge on any atom is -0.507 e. The Bertz CT molecular complexity index is 1360. The van der Waals surface area contributed by atoms with E-state index in [1.165, 1.54) is 4.90 Å². The van der Waals surface area contributed by atoms with Crippen LogP contribution in [0.25, 0.3) is 5.76 Å². The number of amides is 1. The number of hydrogen-bond donors (Lipinski definition) is 1. The van der Waals surface area contributed by atoms with Gasteiger partial charge in [-0.05, 0) is 69.2 Å². The number of hydrogen-bond acceptors (Lipinski definition) is 7. The van der Waals surface area contributed by atoms with Crippen LogP contribution in [0.15, 0.2) is 78.6 Å². The molecule has 1 aliphatic heterocycles. The van der Waals surface area contributed by atoms with Crippen LogP contribution in [0.4, 0.5) is 5.69 Å². The summed E-state index contributed by atoms with van der Waals surface area (Å²) in [7, 11) is 0. The molecule has 8 nitrogen and oxygen atoms in total. The van der Waals surface area contributed by atoms with Crippen molar-refractivity contribution in [1.29, 1.82) is 0 Å². The Morgan fingerprint density at radius 2 is 1.74 bits per heavy atom. The van der Waals surface area contributed by atoms with Crippen LogP contribution in [-0.2, 0) is 25.5 Å². The summed E-state index contributed by atoms with van der Waals surface area (Å²) in [6.45, 7) is 7.34. The van der Waals surface area contributed by atoms with E-state index >= 15 is 0 Å². The Labute approximate surface area is 221 Å². The lowest BCUT2D eigenvalue weighted by atomic mass is 9.96. The number of nitrogens with zero attached hydrogens (tertiary/aromatic N) is 2. The molecule has 196 valence electrons. The molecule has 1 unspecified atom stereocenters. The highest BCUT2D eigenvalue weighted by molar-refractivity contribution is 6.51. The van der Waals surface area contributed by atoms with Crippen LogP contribution in [0.2, 0.25) is 0 Å². The summed E-state index contributed by atoms with van der Waals surface area (Å²) in [4.78, 5) is 44.2. The van der Waals surface area contributed by atoms with Gasteiger partial charge in [0.2, 0.25) is 0 Å². The van der Waals surface area contributed by atoms with E-state index in [1.54, 1.807) is 86.9 Å². The highest BCUT2D eigenvalue weighted by atomic mass is 16.5. The first-order chi connectivity index (χ1) is 18.2. The zero-order valence-electron chi connectivity index (χ0n) is 21.8. The molecule has 1 aliphatic rings. The predicted octanol–water partition coefficient (Wildman–Crippen LogP) is 4.99. The topological polar surface area (TPSA) is 106 Å². The number of aromatic nitrogens is 1. The monoisotopic (exact) mass is 514 g/mol. The van der Waals surface area contributed by atoms with Gasteiger partial charge >= 0.3 is 5.97 Å². The van der Waals surface area contributed by atoms with Gasteiger partial charge in [0, 0.05) is 23.6 Å². The second-order valence-electron chi connectivity index (χ2n) is 9.53. The van der Waals surface area contributed by atoms with Crippen molar-refractivity contribution in [2.75, 3.05) is 4.90 Å². The maximum atomic E-state index is 13.3. The number of rotatable bonds is 8. The van der Waals surface area contributed by atoms with E-state index in [0.29, 0.717) is 28.1 Å². The Balaban J connectivity index is 1.76. The molecule has 0 spiro atoms. The molecule has 1 fully saturated rings. The van der Waals surface area contributed by atoms with Crippen LogP contribution in [0, 0.1) is 0 Å². The molecule has 0 bridgehead atoms. The van der Waals surface area contributed by atoms with Crippen LogP contribution in [-0.4, -0.2) is 40.0 Å². The van der Waals surface area contributed by atoms with Gasteiger partial charge in [0.1, 0.15) is 11.5 Å². The standard InChI is InChI=1S/C30H30N2O6/c1-18(2)37-24-9-5-7-21(16-24)28(34)26-27(22-8-6-14-31-17-22)32(30(36)29(26)35)23-12-10-20(11-13-23)15-25(33)38-19(3)4/h5-14,16-19,27,34H,15H2,1-4H3/b28-26-. The number of aliphatic hydroxyl groups excluding tert-OH is 1. The van der Waals surface area contributed by atoms with Gasteiger partial charge in [-0.15, -0.1) is 0 Å². The molecule has 1 amide bonds. The van der Waals surface area contributed by atoms with Gasteiger partial charge in [0.15, 0.2) is 0 Å². The van der Waals surface area contributed by atoms with Gasteiger partial charge in [0.25, 0.3) is 11.7 Å². The number of anilines is 1. The highest BCUT2D eigenvalue weighted by Crippen LogP contribution is 2.42. The first-order valence-corrected chi connectivity index (χ1v) is 12.4. The van der Waals surface area contributed by atoms with Crippen molar-refractivity contribution in [1.82, 2.24) is 4.98 Å². The molecule has 0 saturated carbocycles. The highest BCUT2D eigenvalue weighted by Gasteiger charge is 2.47. The molecular weight excluding hydrogens is 484 g/mol. The molecule has 2 aromatic carbocycles. The molecule has 4 rings (SSSR count). The molecule has 8 heteroatoms. The van der Waals surface area contributed by atoms with Gasteiger partial charge in [-0.3, -0.25) is 24.3 Å². The molecular formula is C30H30N2O6. The maximum Gasteiger partial charge on any atom is 0.310 e. The average Bonchev–Trinajstić information content (AvgIpc) is 3.14. The second-order valence-corrected chi connectivity index (χ2v) is 9.53. The van der Waals surface area contributed by atoms with Crippen LogP contribution in [0.3, 0.4) is 0 Å². The third-order valence-corrected chi connectivity index (χ3v) is 5.85. The number of ether oxygens (including phenoxy) is 2.